The monoisotopic (exact) mass is 406 g/mol. The molecule has 1 heterocycles. The Balaban J connectivity index is 1.64. The molecule has 0 saturated heterocycles. The molecule has 3 aromatic rings. The fourth-order valence-corrected chi connectivity index (χ4v) is 3.63. The number of rotatable bonds is 3. The van der Waals surface area contributed by atoms with E-state index < -0.39 is 29.7 Å². The average molecular weight is 406 g/mol. The van der Waals surface area contributed by atoms with E-state index in [2.05, 4.69) is 10.3 Å². The molecular weight excluding hydrogens is 388 g/mol. The van der Waals surface area contributed by atoms with Crippen LogP contribution in [0.2, 0.25) is 0 Å². The zero-order valence-electron chi connectivity index (χ0n) is 15.4. The Bertz CT molecular complexity index is 1050. The fraction of sp³-hybridized carbons (Fsp3) is 0.286. The Kier molecular flexibility index (Phi) is 4.82. The van der Waals surface area contributed by atoms with Crippen LogP contribution in [0.25, 0.3) is 11.3 Å². The summed E-state index contributed by atoms with van der Waals surface area (Å²) in [5, 5.41) is 13.5. The van der Waals surface area contributed by atoms with E-state index in [1.54, 1.807) is 6.92 Å². The Morgan fingerprint density at radius 3 is 2.66 bits per heavy atom. The molecule has 0 aliphatic heterocycles. The van der Waals surface area contributed by atoms with Gasteiger partial charge in [-0.1, -0.05) is 24.3 Å². The molecule has 0 radical (unpaired) electrons. The number of oxazole rings is 1. The van der Waals surface area contributed by atoms with Crippen molar-refractivity contribution in [1.29, 1.82) is 0 Å². The van der Waals surface area contributed by atoms with E-state index in [1.807, 2.05) is 24.3 Å². The van der Waals surface area contributed by atoms with Crippen molar-refractivity contribution in [3.05, 3.63) is 70.7 Å². The number of aliphatic hydroxyl groups excluding tert-OH is 1. The lowest BCUT2D eigenvalue weighted by Crippen LogP contribution is -2.30. The smallest absolute Gasteiger partial charge is 0.416 e. The molecule has 4 rings (SSSR count). The van der Waals surface area contributed by atoms with Gasteiger partial charge in [0.05, 0.1) is 29.0 Å². The van der Waals surface area contributed by atoms with Crippen molar-refractivity contribution in [3.63, 3.8) is 0 Å². The number of aliphatic hydroxyl groups is 1. The summed E-state index contributed by atoms with van der Waals surface area (Å²) in [4.78, 5) is 4.22. The molecule has 0 saturated carbocycles. The third-order valence-electron chi connectivity index (χ3n) is 5.10. The second kappa shape index (κ2) is 7.18. The van der Waals surface area contributed by atoms with Gasteiger partial charge in [-0.3, -0.25) is 0 Å². The summed E-state index contributed by atoms with van der Waals surface area (Å²) in [5.41, 5.74) is 1.17. The maximum atomic E-state index is 14.3. The zero-order chi connectivity index (χ0) is 20.8. The number of aromatic nitrogens is 1. The van der Waals surface area contributed by atoms with Crippen LogP contribution in [0.4, 0.5) is 23.6 Å². The fourth-order valence-electron chi connectivity index (χ4n) is 3.63. The largest absolute Gasteiger partial charge is 0.423 e. The van der Waals surface area contributed by atoms with E-state index >= 15 is 0 Å². The average Bonchev–Trinajstić information content (AvgIpc) is 3.03. The molecule has 2 N–H and O–H groups in total. The molecule has 0 fully saturated rings. The first kappa shape index (κ1) is 19.4. The van der Waals surface area contributed by atoms with Gasteiger partial charge in [-0.2, -0.15) is 18.2 Å². The Morgan fingerprint density at radius 2 is 1.93 bits per heavy atom. The van der Waals surface area contributed by atoms with Crippen LogP contribution in [0.3, 0.4) is 0 Å². The van der Waals surface area contributed by atoms with Crippen molar-refractivity contribution in [1.82, 2.24) is 4.98 Å². The lowest BCUT2D eigenvalue weighted by molar-refractivity contribution is -0.137. The highest BCUT2D eigenvalue weighted by atomic mass is 19.4. The van der Waals surface area contributed by atoms with Gasteiger partial charge in [-0.05, 0) is 49.1 Å². The van der Waals surface area contributed by atoms with Gasteiger partial charge in [0, 0.05) is 0 Å². The number of halogens is 4. The lowest BCUT2D eigenvalue weighted by atomic mass is 9.86. The topological polar surface area (TPSA) is 58.3 Å². The van der Waals surface area contributed by atoms with Crippen molar-refractivity contribution >= 4 is 6.01 Å². The molecule has 1 aromatic heterocycles. The highest BCUT2D eigenvalue weighted by Gasteiger charge is 2.32. The van der Waals surface area contributed by atoms with E-state index in [9.17, 15) is 22.7 Å². The number of alkyl halides is 3. The summed E-state index contributed by atoms with van der Waals surface area (Å²) in [6, 6.07) is 9.56. The van der Waals surface area contributed by atoms with E-state index in [0.29, 0.717) is 18.2 Å². The molecule has 0 spiro atoms. The number of hydrogen-bond donors (Lipinski definition) is 2. The van der Waals surface area contributed by atoms with Crippen LogP contribution in [0.15, 0.2) is 46.9 Å². The number of fused-ring (bicyclic) bond motifs is 1. The van der Waals surface area contributed by atoms with Crippen LogP contribution < -0.4 is 5.32 Å². The van der Waals surface area contributed by atoms with Crippen LogP contribution in [-0.4, -0.2) is 16.2 Å². The van der Waals surface area contributed by atoms with Gasteiger partial charge >= 0.3 is 6.18 Å². The number of nitrogens with one attached hydrogen (secondary N) is 1. The van der Waals surface area contributed by atoms with Crippen LogP contribution in [0, 0.1) is 12.7 Å². The van der Waals surface area contributed by atoms with Crippen LogP contribution >= 0.6 is 0 Å². The number of aryl methyl sites for hydroxylation is 2. The van der Waals surface area contributed by atoms with Crippen molar-refractivity contribution in [2.45, 2.75) is 38.1 Å². The second-order valence-corrected chi connectivity index (χ2v) is 7.05. The third-order valence-corrected chi connectivity index (χ3v) is 5.10. The number of anilines is 1. The summed E-state index contributed by atoms with van der Waals surface area (Å²) in [6.07, 6.45) is -3.98. The molecule has 2 atom stereocenters. The highest BCUT2D eigenvalue weighted by molar-refractivity contribution is 5.62. The first-order valence-corrected chi connectivity index (χ1v) is 9.11. The molecule has 0 amide bonds. The van der Waals surface area contributed by atoms with Crippen molar-refractivity contribution < 1.29 is 27.1 Å². The second-order valence-electron chi connectivity index (χ2n) is 7.05. The summed E-state index contributed by atoms with van der Waals surface area (Å²) >= 11 is 0. The van der Waals surface area contributed by atoms with Gasteiger partial charge in [0.25, 0.3) is 6.01 Å². The van der Waals surface area contributed by atoms with Gasteiger partial charge < -0.3 is 14.8 Å². The van der Waals surface area contributed by atoms with Gasteiger partial charge in [0.15, 0.2) is 5.76 Å². The van der Waals surface area contributed by atoms with Crippen molar-refractivity contribution in [3.8, 4) is 11.3 Å². The number of nitrogens with zero attached hydrogens (tertiary/aromatic N) is 1. The minimum Gasteiger partial charge on any atom is -0.423 e. The first-order chi connectivity index (χ1) is 13.7. The molecule has 1 aliphatic rings. The minimum atomic E-state index is -4.63. The number of benzene rings is 2. The molecule has 1 unspecified atom stereocenters. The van der Waals surface area contributed by atoms with Crippen LogP contribution in [-0.2, 0) is 12.6 Å². The Labute approximate surface area is 164 Å². The van der Waals surface area contributed by atoms with E-state index in [0.717, 1.165) is 29.7 Å². The molecular formula is C21H18F4N2O2. The highest BCUT2D eigenvalue weighted by Crippen LogP contribution is 2.37. The standard InChI is InChI=1S/C21H18F4N2O2/c1-11-19(15-8-7-13(10-16(15)22)21(23,24)25)29-20(26-11)27-18-14-5-3-2-4-12(14)6-9-17(18)28/h2-5,7-8,10,17-18,28H,6,9H2,1H3,(H,26,27)/t17-,18?/m1/s1. The normalized spacial score (nSPS) is 19.1. The third kappa shape index (κ3) is 3.72. The molecule has 2 aromatic carbocycles. The van der Waals surface area contributed by atoms with Crippen molar-refractivity contribution in [2.24, 2.45) is 0 Å². The Morgan fingerprint density at radius 1 is 1.17 bits per heavy atom. The van der Waals surface area contributed by atoms with E-state index in [1.165, 1.54) is 0 Å². The van der Waals surface area contributed by atoms with Gasteiger partial charge in [0.2, 0.25) is 0 Å². The first-order valence-electron chi connectivity index (χ1n) is 9.11. The van der Waals surface area contributed by atoms with E-state index in [-0.39, 0.29) is 17.3 Å². The molecule has 4 nitrogen and oxygen atoms in total. The summed E-state index contributed by atoms with van der Waals surface area (Å²) in [5.74, 6) is -1.01. The summed E-state index contributed by atoms with van der Waals surface area (Å²) in [7, 11) is 0. The predicted octanol–water partition coefficient (Wildman–Crippen LogP) is 5.27. The maximum absolute atomic E-state index is 14.3. The minimum absolute atomic E-state index is 0.0392. The SMILES string of the molecule is Cc1nc(NC2c3ccccc3CC[C@H]2O)oc1-c1ccc(C(F)(F)F)cc1F. The van der Waals surface area contributed by atoms with E-state index in [4.69, 9.17) is 4.42 Å². The molecule has 8 heteroatoms. The lowest BCUT2D eigenvalue weighted by Gasteiger charge is -2.30. The van der Waals surface area contributed by atoms with Crippen LogP contribution in [0.5, 0.6) is 0 Å². The zero-order valence-corrected chi connectivity index (χ0v) is 15.4. The maximum Gasteiger partial charge on any atom is 0.416 e. The number of hydrogen-bond acceptors (Lipinski definition) is 4. The molecule has 152 valence electrons. The summed E-state index contributed by atoms with van der Waals surface area (Å²) in [6.45, 7) is 1.58. The quantitative estimate of drug-likeness (QED) is 0.582. The van der Waals surface area contributed by atoms with Crippen molar-refractivity contribution in [2.75, 3.05) is 5.32 Å². The van der Waals surface area contributed by atoms with Crippen LogP contribution in [0.1, 0.15) is 34.8 Å². The summed E-state index contributed by atoms with van der Waals surface area (Å²) < 4.78 is 58.2. The molecule has 29 heavy (non-hydrogen) atoms. The molecule has 0 bridgehead atoms. The van der Waals surface area contributed by atoms with Gasteiger partial charge in [0.1, 0.15) is 5.82 Å². The van der Waals surface area contributed by atoms with Gasteiger partial charge in [-0.25, -0.2) is 4.39 Å². The Hall–Kier alpha value is -2.87. The predicted molar refractivity (Wildman–Crippen MR) is 98.8 cm³/mol. The molecule has 1 aliphatic carbocycles. The van der Waals surface area contributed by atoms with Gasteiger partial charge in [-0.15, -0.1) is 0 Å².